The van der Waals surface area contributed by atoms with Gasteiger partial charge in [-0.25, -0.2) is 9.48 Å². The number of aromatic nitrogens is 3. The summed E-state index contributed by atoms with van der Waals surface area (Å²) in [6, 6.07) is 0. The number of ether oxygens (including phenoxy) is 1. The molecule has 1 aromatic rings. The van der Waals surface area contributed by atoms with E-state index in [9.17, 15) is 4.79 Å². The zero-order chi connectivity index (χ0) is 13.0. The summed E-state index contributed by atoms with van der Waals surface area (Å²) in [4.78, 5) is 11.9. The van der Waals surface area contributed by atoms with Crippen molar-refractivity contribution in [3.63, 3.8) is 0 Å². The summed E-state index contributed by atoms with van der Waals surface area (Å²) in [6.45, 7) is 4.78. The van der Waals surface area contributed by atoms with Crippen LogP contribution >= 0.6 is 0 Å². The Morgan fingerprint density at radius 3 is 2.78 bits per heavy atom. The molecule has 5 heteroatoms. The van der Waals surface area contributed by atoms with Crippen LogP contribution in [0.5, 0.6) is 0 Å². The molecule has 0 radical (unpaired) electrons. The maximum atomic E-state index is 11.9. The van der Waals surface area contributed by atoms with Crippen molar-refractivity contribution in [2.75, 3.05) is 6.61 Å². The Balaban J connectivity index is 2.09. The normalized spacial score (nSPS) is 16.8. The topological polar surface area (TPSA) is 57.0 Å². The molecular formula is C13H21N3O2. The van der Waals surface area contributed by atoms with E-state index in [-0.39, 0.29) is 5.97 Å². The van der Waals surface area contributed by atoms with Crippen molar-refractivity contribution >= 4 is 5.97 Å². The highest BCUT2D eigenvalue weighted by Crippen LogP contribution is 2.25. The number of hydrogen-bond donors (Lipinski definition) is 0. The van der Waals surface area contributed by atoms with Crippen LogP contribution in [0.2, 0.25) is 0 Å². The number of aryl methyl sites for hydroxylation is 1. The molecule has 1 fully saturated rings. The summed E-state index contributed by atoms with van der Waals surface area (Å²) in [5.41, 5.74) is 1.17. The van der Waals surface area contributed by atoms with Gasteiger partial charge in [0.25, 0.3) is 0 Å². The van der Waals surface area contributed by atoms with E-state index < -0.39 is 0 Å². The van der Waals surface area contributed by atoms with E-state index in [4.69, 9.17) is 4.74 Å². The van der Waals surface area contributed by atoms with E-state index in [1.54, 1.807) is 11.6 Å². The molecule has 18 heavy (non-hydrogen) atoms. The minimum Gasteiger partial charge on any atom is -0.461 e. The van der Waals surface area contributed by atoms with Crippen molar-refractivity contribution in [3.05, 3.63) is 11.4 Å². The van der Waals surface area contributed by atoms with Crippen LogP contribution in [0.15, 0.2) is 0 Å². The van der Waals surface area contributed by atoms with Crippen LogP contribution in [-0.2, 0) is 11.3 Å². The van der Waals surface area contributed by atoms with Crippen LogP contribution in [0.1, 0.15) is 55.2 Å². The van der Waals surface area contributed by atoms with Crippen LogP contribution in [0.4, 0.5) is 0 Å². The SMILES string of the molecule is CCOC(=O)c1c(C)nnn1CC1CCCCC1. The molecule has 1 aliphatic carbocycles. The van der Waals surface area contributed by atoms with Crippen molar-refractivity contribution < 1.29 is 9.53 Å². The predicted octanol–water partition coefficient (Wildman–Crippen LogP) is 2.34. The highest BCUT2D eigenvalue weighted by molar-refractivity contribution is 5.88. The Morgan fingerprint density at radius 2 is 2.11 bits per heavy atom. The molecule has 1 heterocycles. The third-order valence-electron chi connectivity index (χ3n) is 3.53. The molecular weight excluding hydrogens is 230 g/mol. The first kappa shape index (κ1) is 13.1. The van der Waals surface area contributed by atoms with E-state index in [2.05, 4.69) is 10.3 Å². The summed E-state index contributed by atoms with van der Waals surface area (Å²) in [7, 11) is 0. The average Bonchev–Trinajstić information content (AvgIpc) is 2.72. The van der Waals surface area contributed by atoms with E-state index in [1.807, 2.05) is 6.92 Å². The Hall–Kier alpha value is -1.39. The van der Waals surface area contributed by atoms with E-state index in [0.29, 0.717) is 23.9 Å². The summed E-state index contributed by atoms with van der Waals surface area (Å²) in [5.74, 6) is 0.309. The third-order valence-corrected chi connectivity index (χ3v) is 3.53. The molecule has 0 spiro atoms. The number of carbonyl (C=O) groups is 1. The third kappa shape index (κ3) is 2.89. The molecule has 0 amide bonds. The van der Waals surface area contributed by atoms with Gasteiger partial charge in [-0.2, -0.15) is 0 Å². The highest BCUT2D eigenvalue weighted by Gasteiger charge is 2.22. The van der Waals surface area contributed by atoms with Gasteiger partial charge in [-0.3, -0.25) is 0 Å². The monoisotopic (exact) mass is 251 g/mol. The quantitative estimate of drug-likeness (QED) is 0.771. The Kier molecular flexibility index (Phi) is 4.33. The first-order valence-electron chi connectivity index (χ1n) is 6.79. The molecule has 2 rings (SSSR count). The van der Waals surface area contributed by atoms with Gasteiger partial charge in [0.1, 0.15) is 0 Å². The lowest BCUT2D eigenvalue weighted by Gasteiger charge is -2.21. The van der Waals surface area contributed by atoms with Gasteiger partial charge < -0.3 is 4.74 Å². The van der Waals surface area contributed by atoms with Gasteiger partial charge in [0.05, 0.1) is 12.3 Å². The summed E-state index contributed by atoms with van der Waals surface area (Å²) >= 11 is 0. The second kappa shape index (κ2) is 5.98. The largest absolute Gasteiger partial charge is 0.461 e. The number of hydrogen-bond acceptors (Lipinski definition) is 4. The summed E-state index contributed by atoms with van der Waals surface area (Å²) < 4.78 is 6.78. The van der Waals surface area contributed by atoms with Crippen molar-refractivity contribution in [1.29, 1.82) is 0 Å². The van der Waals surface area contributed by atoms with Crippen LogP contribution in [-0.4, -0.2) is 27.6 Å². The van der Waals surface area contributed by atoms with Crippen molar-refractivity contribution in [2.45, 2.75) is 52.5 Å². The van der Waals surface area contributed by atoms with Crippen molar-refractivity contribution in [3.8, 4) is 0 Å². The van der Waals surface area contributed by atoms with Crippen molar-refractivity contribution in [2.24, 2.45) is 5.92 Å². The van der Waals surface area contributed by atoms with Gasteiger partial charge in [-0.15, -0.1) is 5.10 Å². The highest BCUT2D eigenvalue weighted by atomic mass is 16.5. The van der Waals surface area contributed by atoms with E-state index in [0.717, 1.165) is 6.54 Å². The molecule has 0 bridgehead atoms. The second-order valence-corrected chi connectivity index (χ2v) is 4.93. The molecule has 0 saturated heterocycles. The predicted molar refractivity (Wildman–Crippen MR) is 67.3 cm³/mol. The maximum Gasteiger partial charge on any atom is 0.358 e. The summed E-state index contributed by atoms with van der Waals surface area (Å²) in [5, 5.41) is 8.08. The number of carbonyl (C=O) groups excluding carboxylic acids is 1. The van der Waals surface area contributed by atoms with Gasteiger partial charge in [-0.05, 0) is 32.6 Å². The molecule has 0 aromatic carbocycles. The first-order valence-corrected chi connectivity index (χ1v) is 6.79. The molecule has 1 aliphatic rings. The fourth-order valence-corrected chi connectivity index (χ4v) is 2.59. The first-order chi connectivity index (χ1) is 8.72. The lowest BCUT2D eigenvalue weighted by atomic mass is 9.89. The Bertz CT molecular complexity index is 408. The molecule has 100 valence electrons. The van der Waals surface area contributed by atoms with Gasteiger partial charge in [0.2, 0.25) is 0 Å². The van der Waals surface area contributed by atoms with Crippen LogP contribution in [0.3, 0.4) is 0 Å². The van der Waals surface area contributed by atoms with Gasteiger partial charge in [0.15, 0.2) is 5.69 Å². The number of rotatable bonds is 4. The minimum absolute atomic E-state index is 0.309. The molecule has 0 aliphatic heterocycles. The van der Waals surface area contributed by atoms with Gasteiger partial charge in [-0.1, -0.05) is 24.5 Å². The molecule has 1 aromatic heterocycles. The Labute approximate surface area is 108 Å². The summed E-state index contributed by atoms with van der Waals surface area (Å²) in [6.07, 6.45) is 6.35. The molecule has 0 N–H and O–H groups in total. The minimum atomic E-state index is -0.309. The van der Waals surface area contributed by atoms with Crippen molar-refractivity contribution in [1.82, 2.24) is 15.0 Å². The smallest absolute Gasteiger partial charge is 0.358 e. The average molecular weight is 251 g/mol. The molecule has 1 saturated carbocycles. The fourth-order valence-electron chi connectivity index (χ4n) is 2.59. The van der Waals surface area contributed by atoms with Crippen LogP contribution < -0.4 is 0 Å². The zero-order valence-electron chi connectivity index (χ0n) is 11.2. The number of nitrogens with zero attached hydrogens (tertiary/aromatic N) is 3. The Morgan fingerprint density at radius 1 is 1.39 bits per heavy atom. The second-order valence-electron chi connectivity index (χ2n) is 4.93. The lowest BCUT2D eigenvalue weighted by molar-refractivity contribution is 0.0509. The van der Waals surface area contributed by atoms with Crippen LogP contribution in [0, 0.1) is 12.8 Å². The molecule has 5 nitrogen and oxygen atoms in total. The van der Waals surface area contributed by atoms with Gasteiger partial charge >= 0.3 is 5.97 Å². The van der Waals surface area contributed by atoms with E-state index >= 15 is 0 Å². The zero-order valence-corrected chi connectivity index (χ0v) is 11.2. The molecule has 0 atom stereocenters. The lowest BCUT2D eigenvalue weighted by Crippen LogP contribution is -2.20. The maximum absolute atomic E-state index is 11.9. The number of esters is 1. The fraction of sp³-hybridized carbons (Fsp3) is 0.769. The van der Waals surface area contributed by atoms with Gasteiger partial charge in [0, 0.05) is 6.54 Å². The standard InChI is InChI=1S/C13H21N3O2/c1-3-18-13(17)12-10(2)14-15-16(12)9-11-7-5-4-6-8-11/h11H,3-9H2,1-2H3. The van der Waals surface area contributed by atoms with E-state index in [1.165, 1.54) is 32.1 Å². The van der Waals surface area contributed by atoms with Crippen LogP contribution in [0.25, 0.3) is 0 Å². The molecule has 0 unspecified atom stereocenters.